The Morgan fingerprint density at radius 2 is 1.82 bits per heavy atom. The van der Waals surface area contributed by atoms with Gasteiger partial charge in [0.05, 0.1) is 27.2 Å². The second kappa shape index (κ2) is 10.6. The van der Waals surface area contributed by atoms with E-state index in [0.29, 0.717) is 23.0 Å². The first-order valence-electron chi connectivity index (χ1n) is 11.7. The number of ketones is 1. The van der Waals surface area contributed by atoms with E-state index in [1.54, 1.807) is 11.8 Å². The first-order valence-corrected chi connectivity index (χ1v) is 12.6. The molecule has 0 saturated heterocycles. The Balaban J connectivity index is 1.99. The molecule has 1 amide bonds. The van der Waals surface area contributed by atoms with E-state index in [0.717, 1.165) is 36.6 Å². The summed E-state index contributed by atoms with van der Waals surface area (Å²) in [6.45, 7) is 15.3. The number of amides is 1. The van der Waals surface area contributed by atoms with Crippen molar-refractivity contribution in [3.63, 3.8) is 0 Å². The van der Waals surface area contributed by atoms with Gasteiger partial charge in [0.1, 0.15) is 0 Å². The highest BCUT2D eigenvalue weighted by atomic mass is 32.1. The molecule has 1 aromatic heterocycles. The summed E-state index contributed by atoms with van der Waals surface area (Å²) in [5, 5.41) is 11.7. The molecular weight excluding hydrogens is 434 g/mol. The van der Waals surface area contributed by atoms with E-state index in [4.69, 9.17) is 0 Å². The molecule has 2 aromatic rings. The topological polar surface area (TPSA) is 73.7 Å². The fraction of sp³-hybridized carbons (Fsp3) is 0.500. The minimum Gasteiger partial charge on any atom is -0.503 e. The van der Waals surface area contributed by atoms with Gasteiger partial charge in [-0.05, 0) is 56.9 Å². The Bertz CT molecular complexity index is 1040. The predicted molar refractivity (Wildman–Crippen MR) is 133 cm³/mol. The third kappa shape index (κ3) is 5.20. The molecule has 33 heavy (non-hydrogen) atoms. The minimum absolute atomic E-state index is 0.159. The summed E-state index contributed by atoms with van der Waals surface area (Å²) in [7, 11) is 0. The van der Waals surface area contributed by atoms with Gasteiger partial charge in [0, 0.05) is 6.54 Å². The summed E-state index contributed by atoms with van der Waals surface area (Å²) in [4.78, 5) is 35.5. The Labute approximate surface area is 200 Å². The summed E-state index contributed by atoms with van der Waals surface area (Å²) in [6, 6.07) is 7.42. The Kier molecular flexibility index (Phi) is 8.08. The summed E-state index contributed by atoms with van der Waals surface area (Å²) in [5.41, 5.74) is 2.81. The highest BCUT2D eigenvalue weighted by Gasteiger charge is 2.44. The number of aromatic nitrogens is 1. The van der Waals surface area contributed by atoms with E-state index < -0.39 is 17.7 Å². The average molecular weight is 470 g/mol. The van der Waals surface area contributed by atoms with Crippen molar-refractivity contribution in [2.45, 2.75) is 59.9 Å². The van der Waals surface area contributed by atoms with Gasteiger partial charge >= 0.3 is 0 Å². The summed E-state index contributed by atoms with van der Waals surface area (Å²) < 4.78 is 0. The molecule has 0 fully saturated rings. The monoisotopic (exact) mass is 469 g/mol. The minimum atomic E-state index is -0.607. The van der Waals surface area contributed by atoms with Crippen LogP contribution in [0.2, 0.25) is 0 Å². The lowest BCUT2D eigenvalue weighted by atomic mass is 9.93. The van der Waals surface area contributed by atoms with Crippen LogP contribution in [0, 0.1) is 13.8 Å². The standard InChI is InChI=1S/C26H35N3O3S/c1-7-28(8-2)14-9-15-29-22(20-12-10-19(11-13-20)16(3)4)21(24(31)26(29)32)23(30)25-17(5)27-18(6)33-25/h10-13,16,22,31H,7-9,14-15H2,1-6H3/t22-/m0/s1. The van der Waals surface area contributed by atoms with Crippen LogP contribution >= 0.6 is 11.3 Å². The maximum Gasteiger partial charge on any atom is 0.290 e. The number of aliphatic hydroxyl groups excluding tert-OH is 1. The lowest BCUT2D eigenvalue weighted by molar-refractivity contribution is -0.129. The molecular formula is C26H35N3O3S. The maximum atomic E-state index is 13.6. The zero-order chi connectivity index (χ0) is 24.3. The molecule has 6 nitrogen and oxygen atoms in total. The van der Waals surface area contributed by atoms with E-state index in [2.05, 4.69) is 37.6 Å². The third-order valence-electron chi connectivity index (χ3n) is 6.34. The molecule has 1 aromatic carbocycles. The van der Waals surface area contributed by atoms with Crippen LogP contribution in [-0.4, -0.2) is 57.8 Å². The van der Waals surface area contributed by atoms with Gasteiger partial charge in [-0.1, -0.05) is 52.0 Å². The van der Waals surface area contributed by atoms with Crippen LogP contribution in [0.3, 0.4) is 0 Å². The number of carbonyl (C=O) groups excluding carboxylic acids is 2. The molecule has 0 aliphatic carbocycles. The van der Waals surface area contributed by atoms with Gasteiger partial charge in [0.15, 0.2) is 5.76 Å². The van der Waals surface area contributed by atoms with Crippen molar-refractivity contribution in [1.82, 2.24) is 14.8 Å². The van der Waals surface area contributed by atoms with Crippen LogP contribution in [0.25, 0.3) is 0 Å². The molecule has 1 atom stereocenters. The summed E-state index contributed by atoms with van der Waals surface area (Å²) in [5.74, 6) is -0.851. The van der Waals surface area contributed by atoms with Crippen LogP contribution in [0.15, 0.2) is 35.6 Å². The lowest BCUT2D eigenvalue weighted by Gasteiger charge is -2.28. The van der Waals surface area contributed by atoms with Crippen molar-refractivity contribution in [3.8, 4) is 0 Å². The van der Waals surface area contributed by atoms with E-state index in [1.807, 2.05) is 31.2 Å². The fourth-order valence-electron chi connectivity index (χ4n) is 4.39. The molecule has 0 saturated carbocycles. The quantitative estimate of drug-likeness (QED) is 0.485. The molecule has 1 aliphatic rings. The van der Waals surface area contributed by atoms with Crippen LogP contribution in [0.1, 0.15) is 77.6 Å². The zero-order valence-electron chi connectivity index (χ0n) is 20.5. The van der Waals surface area contributed by atoms with Crippen molar-refractivity contribution >= 4 is 23.0 Å². The smallest absolute Gasteiger partial charge is 0.290 e. The van der Waals surface area contributed by atoms with E-state index in [1.165, 1.54) is 16.9 Å². The predicted octanol–water partition coefficient (Wildman–Crippen LogP) is 5.19. The number of carbonyl (C=O) groups is 2. The Morgan fingerprint density at radius 3 is 2.33 bits per heavy atom. The number of aryl methyl sites for hydroxylation is 2. The number of hydrogen-bond donors (Lipinski definition) is 1. The normalized spacial score (nSPS) is 16.5. The first kappa shape index (κ1) is 25.1. The molecule has 0 spiro atoms. The van der Waals surface area contributed by atoms with Crippen molar-refractivity contribution in [1.29, 1.82) is 0 Å². The van der Waals surface area contributed by atoms with Crippen LogP contribution in [-0.2, 0) is 4.79 Å². The number of Topliss-reactive ketones (excluding diaryl/α,β-unsaturated/α-hetero) is 1. The molecule has 7 heteroatoms. The maximum absolute atomic E-state index is 13.6. The average Bonchev–Trinajstić information content (AvgIpc) is 3.26. The largest absolute Gasteiger partial charge is 0.503 e. The van der Waals surface area contributed by atoms with Gasteiger partial charge in [-0.2, -0.15) is 0 Å². The van der Waals surface area contributed by atoms with Crippen LogP contribution in [0.4, 0.5) is 0 Å². The summed E-state index contributed by atoms with van der Waals surface area (Å²) in [6.07, 6.45) is 0.765. The van der Waals surface area contributed by atoms with Crippen molar-refractivity contribution in [2.24, 2.45) is 0 Å². The van der Waals surface area contributed by atoms with Crippen molar-refractivity contribution in [3.05, 3.63) is 62.3 Å². The second-order valence-corrected chi connectivity index (χ2v) is 10.0. The van der Waals surface area contributed by atoms with Gasteiger partial charge in [-0.3, -0.25) is 9.59 Å². The molecule has 178 valence electrons. The van der Waals surface area contributed by atoms with Gasteiger partial charge in [0.2, 0.25) is 5.78 Å². The van der Waals surface area contributed by atoms with E-state index >= 15 is 0 Å². The highest BCUT2D eigenvalue weighted by Crippen LogP contribution is 2.40. The molecule has 1 aliphatic heterocycles. The molecule has 0 radical (unpaired) electrons. The zero-order valence-corrected chi connectivity index (χ0v) is 21.3. The molecule has 1 N–H and O–H groups in total. The van der Waals surface area contributed by atoms with Gasteiger partial charge in [-0.25, -0.2) is 4.98 Å². The lowest BCUT2D eigenvalue weighted by Crippen LogP contribution is -2.34. The molecule has 0 bridgehead atoms. The number of aliphatic hydroxyl groups is 1. The third-order valence-corrected chi connectivity index (χ3v) is 7.42. The number of benzene rings is 1. The number of thiazole rings is 1. The molecule has 2 heterocycles. The Hall–Kier alpha value is -2.51. The number of rotatable bonds is 10. The van der Waals surface area contributed by atoms with Crippen LogP contribution in [0.5, 0.6) is 0 Å². The number of nitrogens with zero attached hydrogens (tertiary/aromatic N) is 3. The first-order chi connectivity index (χ1) is 15.7. The van der Waals surface area contributed by atoms with Crippen molar-refractivity contribution in [2.75, 3.05) is 26.2 Å². The van der Waals surface area contributed by atoms with Gasteiger partial charge in [-0.15, -0.1) is 11.3 Å². The number of hydrogen-bond acceptors (Lipinski definition) is 6. The van der Waals surface area contributed by atoms with Crippen molar-refractivity contribution < 1.29 is 14.7 Å². The summed E-state index contributed by atoms with van der Waals surface area (Å²) >= 11 is 1.30. The SMILES string of the molecule is CCN(CC)CCCN1C(=O)C(O)=C(C(=O)c2sc(C)nc2C)[C@@H]1c1ccc(C(C)C)cc1. The highest BCUT2D eigenvalue weighted by molar-refractivity contribution is 7.14. The Morgan fingerprint density at radius 1 is 1.18 bits per heavy atom. The van der Waals surface area contributed by atoms with Gasteiger partial charge < -0.3 is 14.9 Å². The van der Waals surface area contributed by atoms with Gasteiger partial charge in [0.25, 0.3) is 5.91 Å². The van der Waals surface area contributed by atoms with E-state index in [-0.39, 0.29) is 11.4 Å². The van der Waals surface area contributed by atoms with Crippen LogP contribution < -0.4 is 0 Å². The fourth-order valence-corrected chi connectivity index (χ4v) is 5.27. The molecule has 3 rings (SSSR count). The molecule has 0 unspecified atom stereocenters. The van der Waals surface area contributed by atoms with E-state index in [9.17, 15) is 14.7 Å². The second-order valence-electron chi connectivity index (χ2n) is 8.84.